The van der Waals surface area contributed by atoms with Gasteiger partial charge in [-0.05, 0) is 50.0 Å². The number of hydrogen-bond acceptors (Lipinski definition) is 1. The molecule has 19 heavy (non-hydrogen) atoms. The minimum Gasteiger partial charge on any atom is -0.309 e. The van der Waals surface area contributed by atoms with Crippen LogP contribution < -0.4 is 0 Å². The van der Waals surface area contributed by atoms with Crippen molar-refractivity contribution in [3.05, 3.63) is 11.6 Å². The summed E-state index contributed by atoms with van der Waals surface area (Å²) in [5.74, 6) is 2.66. The number of hydrogen-bond donors (Lipinski definition) is 1. The molecule has 0 spiro atoms. The first-order valence-corrected chi connectivity index (χ1v) is 8.26. The summed E-state index contributed by atoms with van der Waals surface area (Å²) < 4.78 is 0. The van der Waals surface area contributed by atoms with Crippen LogP contribution in [0, 0.1) is 23.2 Å². The number of nitrogens with one attached hydrogen (secondary N) is 1. The fourth-order valence-electron chi connectivity index (χ4n) is 3.32. The Hall–Kier alpha value is -0.590. The van der Waals surface area contributed by atoms with Gasteiger partial charge in [-0.15, -0.1) is 0 Å². The molecule has 0 saturated heterocycles. The summed E-state index contributed by atoms with van der Waals surface area (Å²) in [6.45, 7) is 11.6. The lowest BCUT2D eigenvalue weighted by Gasteiger charge is -2.31. The van der Waals surface area contributed by atoms with Crippen molar-refractivity contribution >= 4 is 6.21 Å². The van der Waals surface area contributed by atoms with Gasteiger partial charge in [0.05, 0.1) is 0 Å². The molecule has 0 radical (unpaired) electrons. The van der Waals surface area contributed by atoms with E-state index < -0.39 is 0 Å². The molecule has 0 aliphatic heterocycles. The van der Waals surface area contributed by atoms with Crippen LogP contribution in [-0.4, -0.2) is 6.21 Å². The van der Waals surface area contributed by atoms with Crippen LogP contribution in [-0.2, 0) is 0 Å². The molecule has 0 aromatic rings. The highest BCUT2D eigenvalue weighted by Gasteiger charge is 2.23. The van der Waals surface area contributed by atoms with Gasteiger partial charge in [-0.1, -0.05) is 59.0 Å². The van der Waals surface area contributed by atoms with Gasteiger partial charge in [-0.2, -0.15) is 0 Å². The van der Waals surface area contributed by atoms with Gasteiger partial charge in [-0.25, -0.2) is 0 Å². The molecule has 3 atom stereocenters. The molecule has 0 aromatic carbocycles. The van der Waals surface area contributed by atoms with Crippen LogP contribution in [0.25, 0.3) is 0 Å². The molecule has 0 aromatic heterocycles. The van der Waals surface area contributed by atoms with Gasteiger partial charge < -0.3 is 5.41 Å². The van der Waals surface area contributed by atoms with Gasteiger partial charge in [-0.3, -0.25) is 0 Å². The van der Waals surface area contributed by atoms with Gasteiger partial charge in [0, 0.05) is 6.21 Å². The topological polar surface area (TPSA) is 23.9 Å². The van der Waals surface area contributed by atoms with Crippen LogP contribution >= 0.6 is 0 Å². The zero-order chi connectivity index (χ0) is 14.7. The molecular formula is C18H35N. The predicted molar refractivity (Wildman–Crippen MR) is 88.0 cm³/mol. The van der Waals surface area contributed by atoms with Crippen LogP contribution in [0.3, 0.4) is 0 Å². The van der Waals surface area contributed by atoms with Crippen LogP contribution in [0.15, 0.2) is 11.6 Å². The molecule has 1 heteroatoms. The smallest absolute Gasteiger partial charge is 0.0177 e. The minimum atomic E-state index is 0.861. The van der Waals surface area contributed by atoms with Crippen molar-refractivity contribution in [2.24, 2.45) is 17.8 Å². The average Bonchev–Trinajstić information content (AvgIpc) is 2.39. The van der Waals surface area contributed by atoms with E-state index in [4.69, 9.17) is 5.41 Å². The third-order valence-corrected chi connectivity index (χ3v) is 4.63. The normalized spacial score (nSPS) is 17.0. The van der Waals surface area contributed by atoms with E-state index in [1.807, 2.05) is 6.08 Å². The van der Waals surface area contributed by atoms with Crippen LogP contribution in [0.5, 0.6) is 0 Å². The largest absolute Gasteiger partial charge is 0.309 e. The molecule has 3 unspecified atom stereocenters. The molecule has 1 nitrogen and oxygen atoms in total. The summed E-state index contributed by atoms with van der Waals surface area (Å²) in [6, 6.07) is 0. The van der Waals surface area contributed by atoms with Gasteiger partial charge in [0.1, 0.15) is 0 Å². The molecule has 0 bridgehead atoms. The van der Waals surface area contributed by atoms with Crippen molar-refractivity contribution in [1.29, 1.82) is 5.41 Å². The Morgan fingerprint density at radius 2 is 1.79 bits per heavy atom. The number of allylic oxidation sites excluding steroid dienone is 2. The molecule has 1 N–H and O–H groups in total. The monoisotopic (exact) mass is 265 g/mol. The van der Waals surface area contributed by atoms with Crippen LogP contribution in [0.1, 0.15) is 79.6 Å². The first-order chi connectivity index (χ1) is 9.10. The molecule has 0 aliphatic rings. The molecule has 0 aliphatic carbocycles. The second-order valence-electron chi connectivity index (χ2n) is 6.08. The van der Waals surface area contributed by atoms with E-state index in [9.17, 15) is 0 Å². The van der Waals surface area contributed by atoms with Gasteiger partial charge in [0.15, 0.2) is 0 Å². The van der Waals surface area contributed by atoms with E-state index in [0.29, 0.717) is 0 Å². The first kappa shape index (κ1) is 18.4. The van der Waals surface area contributed by atoms with Crippen molar-refractivity contribution in [3.63, 3.8) is 0 Å². The lowest BCUT2D eigenvalue weighted by molar-refractivity contribution is 0.199. The molecule has 0 amide bonds. The van der Waals surface area contributed by atoms with E-state index in [1.54, 1.807) is 0 Å². The third-order valence-electron chi connectivity index (χ3n) is 4.63. The summed E-state index contributed by atoms with van der Waals surface area (Å²) >= 11 is 0. The lowest BCUT2D eigenvalue weighted by Crippen LogP contribution is -2.21. The van der Waals surface area contributed by atoms with E-state index >= 15 is 0 Å². The molecular weight excluding hydrogens is 230 g/mol. The fourth-order valence-corrected chi connectivity index (χ4v) is 3.32. The average molecular weight is 265 g/mol. The standard InChI is InChI=1S/C18H35N/c1-6-10-17(18(8-3)16(5)7-2)12-9-11-15(4)13-14-19/h13-14,16-19H,6-12H2,1-5H3. The Kier molecular flexibility index (Phi) is 10.9. The quantitative estimate of drug-likeness (QED) is 0.427. The Balaban J connectivity index is 4.38. The van der Waals surface area contributed by atoms with Crippen molar-refractivity contribution in [1.82, 2.24) is 0 Å². The van der Waals surface area contributed by atoms with Crippen LogP contribution in [0.2, 0.25) is 0 Å². The van der Waals surface area contributed by atoms with E-state index in [1.165, 1.54) is 50.3 Å². The Morgan fingerprint density at radius 3 is 2.26 bits per heavy atom. The second kappa shape index (κ2) is 11.3. The van der Waals surface area contributed by atoms with Crippen molar-refractivity contribution in [2.45, 2.75) is 79.6 Å². The highest BCUT2D eigenvalue weighted by atomic mass is 14.3. The van der Waals surface area contributed by atoms with E-state index in [2.05, 4.69) is 34.6 Å². The molecule has 0 heterocycles. The first-order valence-electron chi connectivity index (χ1n) is 8.26. The summed E-state index contributed by atoms with van der Waals surface area (Å²) in [6.07, 6.45) is 12.5. The van der Waals surface area contributed by atoms with Gasteiger partial charge in [0.25, 0.3) is 0 Å². The highest BCUT2D eigenvalue weighted by molar-refractivity contribution is 5.68. The summed E-state index contributed by atoms with van der Waals surface area (Å²) in [5.41, 5.74) is 1.35. The van der Waals surface area contributed by atoms with Gasteiger partial charge in [0.2, 0.25) is 0 Å². The second-order valence-corrected chi connectivity index (χ2v) is 6.08. The minimum absolute atomic E-state index is 0.861. The summed E-state index contributed by atoms with van der Waals surface area (Å²) in [4.78, 5) is 0. The Labute approximate surface area is 121 Å². The molecule has 0 rings (SSSR count). The Morgan fingerprint density at radius 1 is 1.11 bits per heavy atom. The Bertz CT molecular complexity index is 254. The molecule has 0 saturated carbocycles. The van der Waals surface area contributed by atoms with Crippen molar-refractivity contribution < 1.29 is 0 Å². The third kappa shape index (κ3) is 7.54. The maximum absolute atomic E-state index is 7.10. The maximum Gasteiger partial charge on any atom is 0.0177 e. The lowest BCUT2D eigenvalue weighted by atomic mass is 9.75. The molecule has 112 valence electrons. The summed E-state index contributed by atoms with van der Waals surface area (Å²) in [5, 5.41) is 7.10. The molecule has 0 fully saturated rings. The van der Waals surface area contributed by atoms with E-state index in [0.717, 1.165) is 24.2 Å². The zero-order valence-electron chi connectivity index (χ0n) is 13.8. The van der Waals surface area contributed by atoms with E-state index in [-0.39, 0.29) is 0 Å². The maximum atomic E-state index is 7.10. The van der Waals surface area contributed by atoms with Gasteiger partial charge >= 0.3 is 0 Å². The number of rotatable bonds is 11. The SMILES string of the molecule is CCCC(CCCC(C)=CC=N)C(CC)C(C)CC. The van der Waals surface area contributed by atoms with Crippen LogP contribution in [0.4, 0.5) is 0 Å². The van der Waals surface area contributed by atoms with Crippen molar-refractivity contribution in [3.8, 4) is 0 Å². The fraction of sp³-hybridized carbons (Fsp3) is 0.833. The summed E-state index contributed by atoms with van der Waals surface area (Å²) in [7, 11) is 0. The van der Waals surface area contributed by atoms with Crippen molar-refractivity contribution in [2.75, 3.05) is 0 Å². The zero-order valence-corrected chi connectivity index (χ0v) is 13.8. The highest BCUT2D eigenvalue weighted by Crippen LogP contribution is 2.33. The predicted octanol–water partition coefficient (Wildman–Crippen LogP) is 6.24.